The van der Waals surface area contributed by atoms with E-state index < -0.39 is 32.6 Å². The minimum absolute atomic E-state index is 0.0568. The minimum Gasteiger partial charge on any atom is -0.481 e. The summed E-state index contributed by atoms with van der Waals surface area (Å²) in [4.78, 5) is 24.8. The summed E-state index contributed by atoms with van der Waals surface area (Å²) in [5.74, 6) is 0.141. The Morgan fingerprint density at radius 2 is 2.10 bits per heavy atom. The van der Waals surface area contributed by atoms with Crippen molar-refractivity contribution in [3.8, 4) is 0 Å². The van der Waals surface area contributed by atoms with Crippen molar-refractivity contribution in [1.29, 1.82) is 0 Å². The molecule has 1 saturated heterocycles. The van der Waals surface area contributed by atoms with E-state index >= 15 is 0 Å². The van der Waals surface area contributed by atoms with Gasteiger partial charge in [-0.05, 0) is 12.8 Å². The molecule has 120 valence electrons. The van der Waals surface area contributed by atoms with Gasteiger partial charge in [-0.25, -0.2) is 13.2 Å². The van der Waals surface area contributed by atoms with Crippen LogP contribution in [0.4, 0.5) is 4.79 Å². The van der Waals surface area contributed by atoms with Gasteiger partial charge in [-0.2, -0.15) is 11.8 Å². The molecule has 1 aliphatic carbocycles. The largest absolute Gasteiger partial charge is 0.481 e. The highest BCUT2D eigenvalue weighted by molar-refractivity contribution is 8.00. The third-order valence-corrected chi connectivity index (χ3v) is 6.83. The van der Waals surface area contributed by atoms with Gasteiger partial charge in [-0.1, -0.05) is 6.42 Å². The number of aliphatic carboxylic acids is 1. The van der Waals surface area contributed by atoms with Gasteiger partial charge < -0.3 is 15.3 Å². The molecule has 21 heavy (non-hydrogen) atoms. The molecular formula is C12H20N2O5S2. The van der Waals surface area contributed by atoms with Crippen molar-refractivity contribution in [3.05, 3.63) is 0 Å². The first kappa shape index (κ1) is 16.4. The quantitative estimate of drug-likeness (QED) is 0.769. The van der Waals surface area contributed by atoms with Crippen LogP contribution in [0.15, 0.2) is 0 Å². The Morgan fingerprint density at radius 3 is 2.57 bits per heavy atom. The van der Waals surface area contributed by atoms with E-state index in [1.165, 1.54) is 16.7 Å². The average Bonchev–Trinajstić information content (AvgIpc) is 2.35. The number of nitrogens with one attached hydrogen (secondary N) is 1. The SMILES string of the molecule is CS(=O)(=O)C1CSCCN1C(=O)NCC1(C(=O)O)CCC1. The summed E-state index contributed by atoms with van der Waals surface area (Å²) in [6, 6.07) is -0.488. The molecule has 2 aliphatic rings. The average molecular weight is 336 g/mol. The van der Waals surface area contributed by atoms with Gasteiger partial charge in [-0.3, -0.25) is 4.79 Å². The number of nitrogens with zero attached hydrogens (tertiary/aromatic N) is 1. The number of carbonyl (C=O) groups excluding carboxylic acids is 1. The lowest BCUT2D eigenvalue weighted by atomic mass is 9.69. The lowest BCUT2D eigenvalue weighted by Gasteiger charge is -2.39. The Morgan fingerprint density at radius 1 is 1.43 bits per heavy atom. The topological polar surface area (TPSA) is 104 Å². The molecule has 2 amide bonds. The van der Waals surface area contributed by atoms with Crippen LogP contribution in [0.1, 0.15) is 19.3 Å². The maximum atomic E-state index is 12.2. The van der Waals surface area contributed by atoms with Crippen LogP contribution >= 0.6 is 11.8 Å². The van der Waals surface area contributed by atoms with Gasteiger partial charge in [0.25, 0.3) is 0 Å². The number of carboxylic acids is 1. The zero-order chi connectivity index (χ0) is 15.7. The summed E-state index contributed by atoms with van der Waals surface area (Å²) >= 11 is 1.50. The van der Waals surface area contributed by atoms with Crippen LogP contribution in [0.2, 0.25) is 0 Å². The Bertz CT molecular complexity index is 530. The van der Waals surface area contributed by atoms with E-state index in [9.17, 15) is 23.1 Å². The number of rotatable bonds is 4. The van der Waals surface area contributed by atoms with E-state index in [-0.39, 0.29) is 6.54 Å². The highest BCUT2D eigenvalue weighted by Gasteiger charge is 2.45. The first-order valence-corrected chi connectivity index (χ1v) is 9.92. The van der Waals surface area contributed by atoms with E-state index in [2.05, 4.69) is 5.32 Å². The number of carboxylic acid groups (broad SMARTS) is 1. The van der Waals surface area contributed by atoms with Gasteiger partial charge in [-0.15, -0.1) is 0 Å². The van der Waals surface area contributed by atoms with Crippen molar-refractivity contribution in [2.45, 2.75) is 24.6 Å². The standard InChI is InChI=1S/C12H20N2O5S2/c1-21(18,19)9-7-20-6-5-14(9)11(17)13-8-12(10(15)16)3-2-4-12/h9H,2-8H2,1H3,(H,13,17)(H,15,16). The summed E-state index contributed by atoms with van der Waals surface area (Å²) < 4.78 is 23.5. The highest BCUT2D eigenvalue weighted by atomic mass is 32.2. The maximum Gasteiger partial charge on any atom is 0.318 e. The summed E-state index contributed by atoms with van der Waals surface area (Å²) in [6.07, 6.45) is 3.06. The lowest BCUT2D eigenvalue weighted by molar-refractivity contribution is -0.153. The normalized spacial score (nSPS) is 25.0. The van der Waals surface area contributed by atoms with E-state index in [1.54, 1.807) is 0 Å². The third kappa shape index (κ3) is 3.45. The van der Waals surface area contributed by atoms with Crippen LogP contribution in [0, 0.1) is 5.41 Å². The molecule has 1 atom stereocenters. The first-order valence-electron chi connectivity index (χ1n) is 6.81. The molecule has 0 aromatic rings. The fourth-order valence-corrected chi connectivity index (χ4v) is 5.40. The third-order valence-electron chi connectivity index (χ3n) is 4.18. The number of hydrogen-bond donors (Lipinski definition) is 2. The van der Waals surface area contributed by atoms with Gasteiger partial charge in [0, 0.05) is 30.9 Å². The number of hydrogen-bond acceptors (Lipinski definition) is 5. The molecule has 0 radical (unpaired) electrons. The molecular weight excluding hydrogens is 316 g/mol. The number of amides is 2. The highest BCUT2D eigenvalue weighted by Crippen LogP contribution is 2.40. The molecule has 2 fully saturated rings. The van der Waals surface area contributed by atoms with Crippen LogP contribution in [0.3, 0.4) is 0 Å². The predicted octanol–water partition coefficient (Wildman–Crippen LogP) is 0.370. The van der Waals surface area contributed by atoms with Crippen molar-refractivity contribution in [2.75, 3.05) is 30.9 Å². The first-order chi connectivity index (χ1) is 9.76. The summed E-state index contributed by atoms with van der Waals surface area (Å²) in [5.41, 5.74) is -0.874. The molecule has 0 aromatic carbocycles. The number of thioether (sulfide) groups is 1. The molecule has 7 nitrogen and oxygen atoms in total. The Hall–Kier alpha value is -0.960. The van der Waals surface area contributed by atoms with Gasteiger partial charge in [0.1, 0.15) is 5.37 Å². The second-order valence-corrected chi connectivity index (χ2v) is 9.00. The zero-order valence-electron chi connectivity index (χ0n) is 11.9. The molecule has 1 aliphatic heterocycles. The van der Waals surface area contributed by atoms with E-state index in [0.717, 1.165) is 12.7 Å². The number of sulfone groups is 1. The van der Waals surface area contributed by atoms with Crippen molar-refractivity contribution in [1.82, 2.24) is 10.2 Å². The Kier molecular flexibility index (Phi) is 4.72. The zero-order valence-corrected chi connectivity index (χ0v) is 13.5. The van der Waals surface area contributed by atoms with Gasteiger partial charge in [0.05, 0.1) is 5.41 Å². The fourth-order valence-electron chi connectivity index (χ4n) is 2.58. The smallest absolute Gasteiger partial charge is 0.318 e. The second-order valence-electron chi connectivity index (χ2n) is 5.65. The van der Waals surface area contributed by atoms with Crippen molar-refractivity contribution in [3.63, 3.8) is 0 Å². The fraction of sp³-hybridized carbons (Fsp3) is 0.833. The number of carbonyl (C=O) groups is 2. The van der Waals surface area contributed by atoms with E-state index in [4.69, 9.17) is 0 Å². The van der Waals surface area contributed by atoms with Crippen molar-refractivity contribution in [2.24, 2.45) is 5.41 Å². The maximum absolute atomic E-state index is 12.2. The molecule has 2 N–H and O–H groups in total. The monoisotopic (exact) mass is 336 g/mol. The molecule has 2 rings (SSSR count). The van der Waals surface area contributed by atoms with Gasteiger partial charge in [0.15, 0.2) is 9.84 Å². The minimum atomic E-state index is -3.35. The summed E-state index contributed by atoms with van der Waals surface area (Å²) in [7, 11) is -3.35. The lowest BCUT2D eigenvalue weighted by Crippen LogP contribution is -2.56. The van der Waals surface area contributed by atoms with Crippen LogP contribution in [0.25, 0.3) is 0 Å². The van der Waals surface area contributed by atoms with Crippen LogP contribution in [-0.2, 0) is 14.6 Å². The number of urea groups is 1. The van der Waals surface area contributed by atoms with Gasteiger partial charge in [0.2, 0.25) is 0 Å². The summed E-state index contributed by atoms with van der Waals surface area (Å²) in [5, 5.41) is 11.0. The Balaban J connectivity index is 2.00. The predicted molar refractivity (Wildman–Crippen MR) is 80.0 cm³/mol. The second kappa shape index (κ2) is 6.04. The van der Waals surface area contributed by atoms with Gasteiger partial charge >= 0.3 is 12.0 Å². The van der Waals surface area contributed by atoms with Crippen molar-refractivity contribution < 1.29 is 23.1 Å². The molecule has 1 saturated carbocycles. The van der Waals surface area contributed by atoms with E-state index in [0.29, 0.717) is 30.9 Å². The molecule has 9 heteroatoms. The summed E-state index contributed by atoms with van der Waals surface area (Å²) in [6.45, 7) is 0.412. The van der Waals surface area contributed by atoms with Crippen molar-refractivity contribution >= 4 is 33.6 Å². The van der Waals surface area contributed by atoms with Crippen LogP contribution in [0.5, 0.6) is 0 Å². The Labute approximate surface area is 128 Å². The molecule has 0 spiro atoms. The molecule has 0 aromatic heterocycles. The molecule has 0 bridgehead atoms. The molecule has 1 unspecified atom stereocenters. The van der Waals surface area contributed by atoms with E-state index in [1.807, 2.05) is 0 Å². The van der Waals surface area contributed by atoms with Crippen LogP contribution in [-0.4, -0.2) is 66.6 Å². The van der Waals surface area contributed by atoms with Crippen LogP contribution < -0.4 is 5.32 Å². The molecule has 1 heterocycles.